The lowest BCUT2D eigenvalue weighted by Crippen LogP contribution is -2.32. The number of aliphatic hydroxyl groups excluding tert-OH is 1. The molecule has 0 radical (unpaired) electrons. The minimum atomic E-state index is -0.781. The van der Waals surface area contributed by atoms with E-state index in [0.29, 0.717) is 31.2 Å². The Morgan fingerprint density at radius 1 is 0.917 bits per heavy atom. The number of rotatable bonds is 6. The summed E-state index contributed by atoms with van der Waals surface area (Å²) in [4.78, 5) is 14.9. The summed E-state index contributed by atoms with van der Waals surface area (Å²) in [6.07, 6.45) is -0.781. The smallest absolute Gasteiger partial charge is 0.276 e. The van der Waals surface area contributed by atoms with Gasteiger partial charge in [-0.1, -0.05) is 85.7 Å². The summed E-state index contributed by atoms with van der Waals surface area (Å²) in [5.74, 6) is 1.13. The van der Waals surface area contributed by atoms with Crippen LogP contribution in [-0.2, 0) is 6.54 Å². The Morgan fingerprint density at radius 3 is 2.19 bits per heavy atom. The van der Waals surface area contributed by atoms with Crippen molar-refractivity contribution in [2.24, 2.45) is 0 Å². The number of carbonyl (C=O) groups excluding carboxylic acids is 1. The van der Waals surface area contributed by atoms with Crippen LogP contribution < -0.4 is 4.74 Å². The molecule has 1 atom stereocenters. The lowest BCUT2D eigenvalue weighted by Gasteiger charge is -2.25. The number of nitrogens with zero attached hydrogens (tertiary/aromatic N) is 2. The summed E-state index contributed by atoms with van der Waals surface area (Å²) in [5.41, 5.74) is 3.99. The van der Waals surface area contributed by atoms with Crippen molar-refractivity contribution in [1.82, 2.24) is 10.1 Å². The van der Waals surface area contributed by atoms with E-state index in [2.05, 4.69) is 5.16 Å². The monoisotopic (exact) mass is 482 g/mol. The Balaban J connectivity index is 1.44. The Morgan fingerprint density at radius 2 is 1.58 bits per heavy atom. The van der Waals surface area contributed by atoms with E-state index in [9.17, 15) is 9.90 Å². The molecule has 2 heterocycles. The first-order valence-electron chi connectivity index (χ1n) is 12.3. The maximum Gasteiger partial charge on any atom is 0.276 e. The van der Waals surface area contributed by atoms with Gasteiger partial charge in [-0.05, 0) is 28.8 Å². The second-order valence-corrected chi connectivity index (χ2v) is 9.46. The number of carbonyl (C=O) groups is 1. The van der Waals surface area contributed by atoms with Gasteiger partial charge in [0.25, 0.3) is 5.91 Å². The molecule has 1 aliphatic heterocycles. The van der Waals surface area contributed by atoms with Crippen molar-refractivity contribution in [3.8, 4) is 5.75 Å². The predicted molar refractivity (Wildman–Crippen MR) is 137 cm³/mol. The number of ether oxygens (including phenoxy) is 1. The highest BCUT2D eigenvalue weighted by atomic mass is 16.5. The molecule has 4 aromatic rings. The van der Waals surface area contributed by atoms with Gasteiger partial charge in [0.15, 0.2) is 5.69 Å². The molecule has 1 aromatic heterocycles. The molecule has 0 saturated heterocycles. The van der Waals surface area contributed by atoms with E-state index in [4.69, 9.17) is 9.26 Å². The van der Waals surface area contributed by atoms with Gasteiger partial charge in [0.1, 0.15) is 18.1 Å². The first kappa shape index (κ1) is 23.8. The van der Waals surface area contributed by atoms with Crippen LogP contribution in [0.4, 0.5) is 0 Å². The number of fused-ring (bicyclic) bond motifs is 1. The molecule has 0 saturated carbocycles. The highest BCUT2D eigenvalue weighted by molar-refractivity contribution is 5.92. The number of hydrogen-bond acceptors (Lipinski definition) is 5. The topological polar surface area (TPSA) is 75.8 Å². The standard InChI is InChI=1S/C30H30N2O4/c1-20(2)27-18-25(31-36-27)30(34)32-15-16-35-26-14-13-23(17-24(26)19-32)29(33)28(21-9-5-3-6-10-21)22-11-7-4-8-12-22/h3-14,17-18,20,28-29,33H,15-16,19H2,1-2H3/t29-/m0/s1. The summed E-state index contributed by atoms with van der Waals surface area (Å²) in [6, 6.07) is 27.5. The second kappa shape index (κ2) is 10.4. The molecule has 36 heavy (non-hydrogen) atoms. The molecule has 184 valence electrons. The zero-order valence-corrected chi connectivity index (χ0v) is 20.5. The van der Waals surface area contributed by atoms with Crippen molar-refractivity contribution in [3.05, 3.63) is 119 Å². The summed E-state index contributed by atoms with van der Waals surface area (Å²) in [6.45, 7) is 5.17. The van der Waals surface area contributed by atoms with Crippen molar-refractivity contribution >= 4 is 5.91 Å². The predicted octanol–water partition coefficient (Wildman–Crippen LogP) is 5.70. The quantitative estimate of drug-likeness (QED) is 0.382. The maximum atomic E-state index is 13.2. The fraction of sp³-hybridized carbons (Fsp3) is 0.267. The number of aliphatic hydroxyl groups is 1. The van der Waals surface area contributed by atoms with E-state index in [-0.39, 0.29) is 17.7 Å². The van der Waals surface area contributed by atoms with Crippen molar-refractivity contribution in [3.63, 3.8) is 0 Å². The third kappa shape index (κ3) is 4.90. The average Bonchev–Trinajstić information content (AvgIpc) is 3.31. The molecule has 3 aromatic carbocycles. The van der Waals surface area contributed by atoms with Crippen LogP contribution in [0.25, 0.3) is 0 Å². The van der Waals surface area contributed by atoms with E-state index in [1.807, 2.05) is 92.7 Å². The third-order valence-electron chi connectivity index (χ3n) is 6.64. The van der Waals surface area contributed by atoms with E-state index in [0.717, 1.165) is 28.0 Å². The van der Waals surface area contributed by atoms with Crippen LogP contribution in [0.3, 0.4) is 0 Å². The van der Waals surface area contributed by atoms with Gasteiger partial charge in [0, 0.05) is 30.0 Å². The number of benzene rings is 3. The van der Waals surface area contributed by atoms with Gasteiger partial charge < -0.3 is 19.3 Å². The molecule has 0 aliphatic carbocycles. The molecule has 0 bridgehead atoms. The normalized spacial score (nSPS) is 14.3. The molecule has 0 fully saturated rings. The van der Waals surface area contributed by atoms with Crippen molar-refractivity contribution in [2.75, 3.05) is 13.2 Å². The molecule has 6 heteroatoms. The van der Waals surface area contributed by atoms with Crippen LogP contribution in [0.5, 0.6) is 5.75 Å². The van der Waals surface area contributed by atoms with E-state index in [1.54, 1.807) is 11.0 Å². The largest absolute Gasteiger partial charge is 0.491 e. The summed E-state index contributed by atoms with van der Waals surface area (Å²) in [7, 11) is 0. The molecule has 1 N–H and O–H groups in total. The Labute approximate surface area is 211 Å². The van der Waals surface area contributed by atoms with Crippen LogP contribution in [0.15, 0.2) is 89.5 Å². The minimum Gasteiger partial charge on any atom is -0.491 e. The van der Waals surface area contributed by atoms with Crippen molar-refractivity contribution in [2.45, 2.75) is 38.3 Å². The molecule has 0 unspecified atom stereocenters. The average molecular weight is 483 g/mol. The van der Waals surface area contributed by atoms with Crippen LogP contribution in [0, 0.1) is 0 Å². The van der Waals surface area contributed by atoms with Crippen LogP contribution in [-0.4, -0.2) is 34.2 Å². The number of aromatic nitrogens is 1. The fourth-order valence-corrected chi connectivity index (χ4v) is 4.67. The third-order valence-corrected chi connectivity index (χ3v) is 6.64. The molecule has 1 aliphatic rings. The van der Waals surface area contributed by atoms with Gasteiger partial charge >= 0.3 is 0 Å². The van der Waals surface area contributed by atoms with E-state index < -0.39 is 6.10 Å². The number of amides is 1. The van der Waals surface area contributed by atoms with Crippen molar-refractivity contribution in [1.29, 1.82) is 0 Å². The molecule has 5 rings (SSSR count). The van der Waals surface area contributed by atoms with Crippen LogP contribution in [0.1, 0.15) is 70.3 Å². The van der Waals surface area contributed by atoms with Gasteiger partial charge in [-0.2, -0.15) is 0 Å². The summed E-state index contributed by atoms with van der Waals surface area (Å²) >= 11 is 0. The van der Waals surface area contributed by atoms with Gasteiger partial charge in [0.05, 0.1) is 12.6 Å². The minimum absolute atomic E-state index is 0.151. The highest BCUT2D eigenvalue weighted by Gasteiger charge is 2.28. The molecule has 6 nitrogen and oxygen atoms in total. The number of hydrogen-bond donors (Lipinski definition) is 1. The molecular weight excluding hydrogens is 452 g/mol. The second-order valence-electron chi connectivity index (χ2n) is 9.46. The van der Waals surface area contributed by atoms with Gasteiger partial charge in [-0.15, -0.1) is 0 Å². The summed E-state index contributed by atoms with van der Waals surface area (Å²) in [5, 5.41) is 15.6. The molecule has 1 amide bonds. The Kier molecular flexibility index (Phi) is 6.87. The Bertz CT molecular complexity index is 1280. The van der Waals surface area contributed by atoms with Gasteiger partial charge in [-0.25, -0.2) is 0 Å². The van der Waals surface area contributed by atoms with Gasteiger partial charge in [-0.3, -0.25) is 4.79 Å². The van der Waals surface area contributed by atoms with Gasteiger partial charge in [0.2, 0.25) is 0 Å². The SMILES string of the molecule is CC(C)c1cc(C(=O)N2CCOc3ccc([C@H](O)C(c4ccccc4)c4ccccc4)cc3C2)no1. The first-order chi connectivity index (χ1) is 17.5. The lowest BCUT2D eigenvalue weighted by atomic mass is 9.83. The van der Waals surface area contributed by atoms with Crippen LogP contribution >= 0.6 is 0 Å². The van der Waals surface area contributed by atoms with Crippen molar-refractivity contribution < 1.29 is 19.2 Å². The Hall–Kier alpha value is -3.90. The molecular formula is C30H30N2O4. The zero-order valence-electron chi connectivity index (χ0n) is 20.5. The van der Waals surface area contributed by atoms with E-state index in [1.165, 1.54) is 0 Å². The lowest BCUT2D eigenvalue weighted by molar-refractivity contribution is 0.0722. The first-order valence-corrected chi connectivity index (χ1v) is 12.3. The molecule has 0 spiro atoms. The highest BCUT2D eigenvalue weighted by Crippen LogP contribution is 2.38. The fourth-order valence-electron chi connectivity index (χ4n) is 4.67. The summed E-state index contributed by atoms with van der Waals surface area (Å²) < 4.78 is 11.3. The van der Waals surface area contributed by atoms with E-state index >= 15 is 0 Å². The zero-order chi connectivity index (χ0) is 25.1. The maximum absolute atomic E-state index is 13.2. The van der Waals surface area contributed by atoms with Crippen LogP contribution in [0.2, 0.25) is 0 Å².